The maximum absolute atomic E-state index is 14.5. The highest BCUT2D eigenvalue weighted by Crippen LogP contribution is 2.40. The summed E-state index contributed by atoms with van der Waals surface area (Å²) in [5, 5.41) is 7.12. The predicted octanol–water partition coefficient (Wildman–Crippen LogP) is 4.77. The number of halogens is 2. The SMILES string of the molecule is CN(C)CCCNc1cncc(-c2cc(-c3cc(Cl)ccc3F)nc3c2OCCN3)c1. The van der Waals surface area contributed by atoms with Gasteiger partial charge < -0.3 is 20.3 Å². The van der Waals surface area contributed by atoms with Crippen LogP contribution in [-0.2, 0) is 0 Å². The average molecular weight is 442 g/mol. The van der Waals surface area contributed by atoms with E-state index in [1.165, 1.54) is 12.1 Å². The quantitative estimate of drug-likeness (QED) is 0.515. The summed E-state index contributed by atoms with van der Waals surface area (Å²) in [6.07, 6.45) is 4.59. The van der Waals surface area contributed by atoms with Crippen molar-refractivity contribution in [1.82, 2.24) is 14.9 Å². The number of hydrogen-bond acceptors (Lipinski definition) is 6. The van der Waals surface area contributed by atoms with Crippen LogP contribution in [0.3, 0.4) is 0 Å². The van der Waals surface area contributed by atoms with E-state index in [4.69, 9.17) is 16.3 Å². The zero-order valence-electron chi connectivity index (χ0n) is 17.6. The summed E-state index contributed by atoms with van der Waals surface area (Å²) in [6, 6.07) is 8.31. The van der Waals surface area contributed by atoms with E-state index in [9.17, 15) is 4.39 Å². The Labute approximate surface area is 186 Å². The lowest BCUT2D eigenvalue weighted by Crippen LogP contribution is -2.20. The first-order valence-electron chi connectivity index (χ1n) is 10.2. The second-order valence-corrected chi connectivity index (χ2v) is 8.11. The van der Waals surface area contributed by atoms with Gasteiger partial charge in [0.2, 0.25) is 0 Å². The summed E-state index contributed by atoms with van der Waals surface area (Å²) >= 11 is 6.11. The molecule has 0 saturated heterocycles. The van der Waals surface area contributed by atoms with Gasteiger partial charge in [-0.2, -0.15) is 0 Å². The number of nitrogens with one attached hydrogen (secondary N) is 2. The Morgan fingerprint density at radius 1 is 1.19 bits per heavy atom. The number of hydrogen-bond donors (Lipinski definition) is 2. The number of fused-ring (bicyclic) bond motifs is 1. The van der Waals surface area contributed by atoms with Crippen molar-refractivity contribution in [3.8, 4) is 28.1 Å². The van der Waals surface area contributed by atoms with Gasteiger partial charge in [-0.25, -0.2) is 9.37 Å². The van der Waals surface area contributed by atoms with E-state index in [2.05, 4.69) is 39.6 Å². The van der Waals surface area contributed by atoms with E-state index in [0.29, 0.717) is 41.0 Å². The van der Waals surface area contributed by atoms with Crippen LogP contribution in [0.4, 0.5) is 15.9 Å². The van der Waals surface area contributed by atoms with Crippen LogP contribution in [-0.4, -0.2) is 55.2 Å². The number of ether oxygens (including phenoxy) is 1. The van der Waals surface area contributed by atoms with Gasteiger partial charge >= 0.3 is 0 Å². The fourth-order valence-corrected chi connectivity index (χ4v) is 3.65. The standard InChI is InChI=1S/C23H25ClFN5O/c1-30(2)8-3-6-27-17-10-15(13-26-14-17)18-12-21(19-11-16(24)4-5-20(19)25)29-23-22(18)31-9-7-28-23/h4-5,10-14,27H,3,6-9H2,1-2H3,(H,28,29). The lowest BCUT2D eigenvalue weighted by Gasteiger charge is -2.22. The number of benzene rings is 1. The Hall–Kier alpha value is -2.90. The molecule has 0 fully saturated rings. The van der Waals surface area contributed by atoms with Crippen LogP contribution in [0.15, 0.2) is 42.7 Å². The summed E-state index contributed by atoms with van der Waals surface area (Å²) < 4.78 is 20.5. The molecule has 162 valence electrons. The molecule has 0 amide bonds. The van der Waals surface area contributed by atoms with Crippen LogP contribution in [0.5, 0.6) is 5.75 Å². The minimum Gasteiger partial charge on any atom is -0.487 e. The molecule has 6 nitrogen and oxygen atoms in total. The lowest BCUT2D eigenvalue weighted by atomic mass is 10.0. The van der Waals surface area contributed by atoms with Crippen molar-refractivity contribution >= 4 is 23.1 Å². The summed E-state index contributed by atoms with van der Waals surface area (Å²) in [4.78, 5) is 11.1. The molecule has 0 aliphatic carbocycles. The lowest BCUT2D eigenvalue weighted by molar-refractivity contribution is 0.323. The second kappa shape index (κ2) is 9.49. The van der Waals surface area contributed by atoms with Crippen molar-refractivity contribution in [2.45, 2.75) is 6.42 Å². The van der Waals surface area contributed by atoms with Crippen LogP contribution < -0.4 is 15.4 Å². The highest BCUT2D eigenvalue weighted by Gasteiger charge is 2.21. The molecule has 3 aromatic rings. The molecule has 2 aromatic heterocycles. The van der Waals surface area contributed by atoms with Crippen LogP contribution in [0.2, 0.25) is 5.02 Å². The number of nitrogens with zero attached hydrogens (tertiary/aromatic N) is 3. The van der Waals surface area contributed by atoms with Crippen molar-refractivity contribution in [2.24, 2.45) is 0 Å². The van der Waals surface area contributed by atoms with E-state index in [1.54, 1.807) is 18.5 Å². The summed E-state index contributed by atoms with van der Waals surface area (Å²) in [6.45, 7) is 3.01. The highest BCUT2D eigenvalue weighted by molar-refractivity contribution is 6.30. The fraction of sp³-hybridized carbons (Fsp3) is 0.304. The third-order valence-electron chi connectivity index (χ3n) is 4.98. The smallest absolute Gasteiger partial charge is 0.170 e. The first-order chi connectivity index (χ1) is 15.0. The molecule has 2 N–H and O–H groups in total. The minimum atomic E-state index is -0.381. The normalized spacial score (nSPS) is 12.8. The van der Waals surface area contributed by atoms with Gasteiger partial charge in [0.15, 0.2) is 11.6 Å². The molecule has 31 heavy (non-hydrogen) atoms. The Kier molecular flexibility index (Phi) is 6.53. The van der Waals surface area contributed by atoms with Gasteiger partial charge in [0.1, 0.15) is 12.4 Å². The van der Waals surface area contributed by atoms with Crippen LogP contribution in [0.25, 0.3) is 22.4 Å². The monoisotopic (exact) mass is 441 g/mol. The van der Waals surface area contributed by atoms with Gasteiger partial charge in [0, 0.05) is 40.7 Å². The van der Waals surface area contributed by atoms with Crippen LogP contribution >= 0.6 is 11.6 Å². The maximum Gasteiger partial charge on any atom is 0.170 e. The first-order valence-corrected chi connectivity index (χ1v) is 10.6. The Balaban J connectivity index is 1.71. The topological polar surface area (TPSA) is 62.3 Å². The Bertz CT molecular complexity index is 1080. The fourth-order valence-electron chi connectivity index (χ4n) is 3.48. The summed E-state index contributed by atoms with van der Waals surface area (Å²) in [5.74, 6) is 0.848. The van der Waals surface area contributed by atoms with Gasteiger partial charge in [-0.3, -0.25) is 4.98 Å². The molecule has 0 radical (unpaired) electrons. The number of anilines is 2. The Morgan fingerprint density at radius 3 is 2.90 bits per heavy atom. The Morgan fingerprint density at radius 2 is 2.06 bits per heavy atom. The molecule has 3 heterocycles. The average Bonchev–Trinajstić information content (AvgIpc) is 2.77. The third kappa shape index (κ3) is 5.06. The van der Waals surface area contributed by atoms with Crippen molar-refractivity contribution in [3.63, 3.8) is 0 Å². The molecule has 0 saturated carbocycles. The largest absolute Gasteiger partial charge is 0.487 e. The molecule has 0 unspecified atom stereocenters. The van der Waals surface area contributed by atoms with E-state index < -0.39 is 0 Å². The second-order valence-electron chi connectivity index (χ2n) is 7.68. The predicted molar refractivity (Wildman–Crippen MR) is 124 cm³/mol. The van der Waals surface area contributed by atoms with Crippen molar-refractivity contribution < 1.29 is 9.13 Å². The van der Waals surface area contributed by atoms with Gasteiger partial charge in [-0.15, -0.1) is 0 Å². The van der Waals surface area contributed by atoms with Gasteiger partial charge in [0.05, 0.1) is 17.9 Å². The van der Waals surface area contributed by atoms with E-state index in [1.807, 2.05) is 12.1 Å². The van der Waals surface area contributed by atoms with Crippen molar-refractivity contribution in [3.05, 3.63) is 53.6 Å². The molecule has 8 heteroatoms. The zero-order valence-corrected chi connectivity index (χ0v) is 18.3. The molecular weight excluding hydrogens is 417 g/mol. The number of pyridine rings is 2. The minimum absolute atomic E-state index is 0.342. The summed E-state index contributed by atoms with van der Waals surface area (Å²) in [5.41, 5.74) is 3.41. The van der Waals surface area contributed by atoms with Gasteiger partial charge in [0.25, 0.3) is 0 Å². The van der Waals surface area contributed by atoms with Crippen molar-refractivity contribution in [2.75, 3.05) is 51.0 Å². The molecule has 0 spiro atoms. The number of aromatic nitrogens is 2. The van der Waals surface area contributed by atoms with Crippen LogP contribution in [0, 0.1) is 5.82 Å². The van der Waals surface area contributed by atoms with E-state index >= 15 is 0 Å². The molecule has 1 aliphatic heterocycles. The highest BCUT2D eigenvalue weighted by atomic mass is 35.5. The molecule has 1 aromatic carbocycles. The van der Waals surface area contributed by atoms with E-state index in [-0.39, 0.29) is 5.82 Å². The first kappa shape index (κ1) is 21.3. The third-order valence-corrected chi connectivity index (χ3v) is 5.21. The van der Waals surface area contributed by atoms with Crippen LogP contribution in [0.1, 0.15) is 6.42 Å². The van der Waals surface area contributed by atoms with E-state index in [0.717, 1.165) is 36.3 Å². The molecule has 4 rings (SSSR count). The number of rotatable bonds is 7. The van der Waals surface area contributed by atoms with Gasteiger partial charge in [-0.1, -0.05) is 11.6 Å². The maximum atomic E-state index is 14.5. The molecular formula is C23H25ClFN5O. The molecule has 0 bridgehead atoms. The molecule has 0 atom stereocenters. The van der Waals surface area contributed by atoms with Gasteiger partial charge in [-0.05, 0) is 57.4 Å². The summed E-state index contributed by atoms with van der Waals surface area (Å²) in [7, 11) is 4.12. The zero-order chi connectivity index (χ0) is 21.8. The molecule has 1 aliphatic rings. The van der Waals surface area contributed by atoms with Crippen molar-refractivity contribution in [1.29, 1.82) is 0 Å².